The molecule has 0 aliphatic heterocycles. The van der Waals surface area contributed by atoms with Crippen LogP contribution in [0.5, 0.6) is 0 Å². The molecule has 53 heavy (non-hydrogen) atoms. The number of alkyl halides is 3. The Morgan fingerprint density at radius 3 is 1.58 bits per heavy atom. The van der Waals surface area contributed by atoms with E-state index in [1.165, 1.54) is 6.07 Å². The second-order valence-corrected chi connectivity index (χ2v) is 13.0. The van der Waals surface area contributed by atoms with Gasteiger partial charge in [0, 0.05) is 34.5 Å². The molecule has 0 radical (unpaired) electrons. The van der Waals surface area contributed by atoms with Crippen LogP contribution < -0.4 is 0 Å². The number of hydrogen-bond acceptors (Lipinski definition) is 4. The van der Waals surface area contributed by atoms with Crippen molar-refractivity contribution >= 4 is 43.9 Å². The van der Waals surface area contributed by atoms with E-state index >= 15 is 0 Å². The highest BCUT2D eigenvalue weighted by molar-refractivity contribution is 6.10. The first kappa shape index (κ1) is 31.7. The van der Waals surface area contributed by atoms with Crippen LogP contribution in [-0.2, 0) is 6.18 Å². The molecule has 4 heterocycles. The molecular weight excluding hydrogens is 670 g/mol. The number of nitriles is 2. The van der Waals surface area contributed by atoms with Gasteiger partial charge < -0.3 is 9.13 Å². The predicted molar refractivity (Wildman–Crippen MR) is 201 cm³/mol. The van der Waals surface area contributed by atoms with E-state index in [0.29, 0.717) is 22.2 Å². The summed E-state index contributed by atoms with van der Waals surface area (Å²) >= 11 is 0. The van der Waals surface area contributed by atoms with Gasteiger partial charge in [-0.05, 0) is 132 Å². The molecule has 0 saturated heterocycles. The molecule has 0 N–H and O–H groups in total. The summed E-state index contributed by atoms with van der Waals surface area (Å²) < 4.78 is 45.5. The molecule has 0 saturated carbocycles. The molecule has 0 amide bonds. The number of benzene rings is 5. The van der Waals surface area contributed by atoms with Gasteiger partial charge in [-0.1, -0.05) is 24.3 Å². The lowest BCUT2D eigenvalue weighted by molar-refractivity contribution is -0.137. The van der Waals surface area contributed by atoms with Crippen molar-refractivity contribution in [3.8, 4) is 45.8 Å². The minimum atomic E-state index is -4.59. The van der Waals surface area contributed by atoms with Crippen LogP contribution >= 0.6 is 0 Å². The van der Waals surface area contributed by atoms with Gasteiger partial charge in [0.25, 0.3) is 0 Å². The molecule has 0 atom stereocenters. The fraction of sp³-hybridized carbons (Fsp3) is 0.0455. The molecule has 9 aromatic rings. The Morgan fingerprint density at radius 1 is 0.528 bits per heavy atom. The highest BCUT2D eigenvalue weighted by Gasteiger charge is 2.31. The molecule has 4 aromatic heterocycles. The topological polar surface area (TPSA) is 83.2 Å². The molecule has 5 aromatic carbocycles. The molecule has 252 valence electrons. The smallest absolute Gasteiger partial charge is 0.308 e. The van der Waals surface area contributed by atoms with Gasteiger partial charge in [-0.2, -0.15) is 23.7 Å². The number of aromatic nitrogens is 4. The second-order valence-electron chi connectivity index (χ2n) is 13.0. The monoisotopic (exact) mass is 694 g/mol. The van der Waals surface area contributed by atoms with Gasteiger partial charge in [0.1, 0.15) is 0 Å². The van der Waals surface area contributed by atoms with E-state index in [1.807, 2.05) is 79.7 Å². The van der Waals surface area contributed by atoms with Crippen LogP contribution in [0.4, 0.5) is 13.2 Å². The second kappa shape index (κ2) is 11.9. The quantitative estimate of drug-likeness (QED) is 0.184. The predicted octanol–water partition coefficient (Wildman–Crippen LogP) is 11.1. The zero-order chi connectivity index (χ0) is 36.4. The van der Waals surface area contributed by atoms with E-state index in [-0.39, 0.29) is 5.56 Å². The number of rotatable bonds is 4. The third-order valence-electron chi connectivity index (χ3n) is 9.65. The van der Waals surface area contributed by atoms with Crippen molar-refractivity contribution in [3.05, 3.63) is 156 Å². The molecule has 0 spiro atoms. The number of aryl methyl sites for hydroxylation is 1. The summed E-state index contributed by atoms with van der Waals surface area (Å²) in [6.45, 7) is 1.98. The van der Waals surface area contributed by atoms with Crippen LogP contribution in [0.2, 0.25) is 0 Å². The molecule has 6 nitrogen and oxygen atoms in total. The van der Waals surface area contributed by atoms with Crippen LogP contribution in [-0.4, -0.2) is 19.1 Å². The average Bonchev–Trinajstić information content (AvgIpc) is 3.69. The van der Waals surface area contributed by atoms with Gasteiger partial charge >= 0.3 is 6.18 Å². The van der Waals surface area contributed by atoms with E-state index in [1.54, 1.807) is 18.5 Å². The number of nitrogens with zero attached hydrogens (tertiary/aromatic N) is 6. The summed E-state index contributed by atoms with van der Waals surface area (Å²) in [6, 6.07) is 41.1. The summed E-state index contributed by atoms with van der Waals surface area (Å²) in [4.78, 5) is 9.49. The Hall–Kier alpha value is -7.23. The van der Waals surface area contributed by atoms with Crippen molar-refractivity contribution in [1.82, 2.24) is 19.1 Å². The number of halogens is 3. The SMILES string of the molecule is Cc1cc(C#N)cc(-c2ccc3c(c2)c2ncccc2n3-c2cccc(-n3c4ccc(-c5cc(C#N)cc(C(F)(F)F)c5)cc4c4ncccc43)c2)c1. The van der Waals surface area contributed by atoms with Gasteiger partial charge in [-0.3, -0.25) is 9.97 Å². The molecule has 9 heteroatoms. The van der Waals surface area contributed by atoms with E-state index in [0.717, 1.165) is 78.6 Å². The van der Waals surface area contributed by atoms with Gasteiger partial charge in [0.2, 0.25) is 0 Å². The highest BCUT2D eigenvalue weighted by atomic mass is 19.4. The van der Waals surface area contributed by atoms with E-state index < -0.39 is 11.7 Å². The van der Waals surface area contributed by atoms with Gasteiger partial charge in [0.15, 0.2) is 0 Å². The molecule has 0 bridgehead atoms. The highest BCUT2D eigenvalue weighted by Crippen LogP contribution is 2.39. The van der Waals surface area contributed by atoms with Crippen molar-refractivity contribution in [2.45, 2.75) is 13.1 Å². The van der Waals surface area contributed by atoms with Crippen molar-refractivity contribution in [1.29, 1.82) is 10.5 Å². The maximum absolute atomic E-state index is 13.7. The zero-order valence-corrected chi connectivity index (χ0v) is 28.0. The summed E-state index contributed by atoms with van der Waals surface area (Å²) in [6.07, 6.45) is -1.11. The van der Waals surface area contributed by atoms with Crippen LogP contribution in [0.1, 0.15) is 22.3 Å². The maximum atomic E-state index is 13.7. The third kappa shape index (κ3) is 5.26. The van der Waals surface area contributed by atoms with Crippen LogP contribution in [0.3, 0.4) is 0 Å². The van der Waals surface area contributed by atoms with E-state index in [9.17, 15) is 23.7 Å². The average molecular weight is 695 g/mol. The molecular formula is C44H25F3N6. The summed E-state index contributed by atoms with van der Waals surface area (Å²) in [7, 11) is 0. The lowest BCUT2D eigenvalue weighted by Crippen LogP contribution is -2.05. The first-order valence-corrected chi connectivity index (χ1v) is 16.7. The van der Waals surface area contributed by atoms with Crippen molar-refractivity contribution in [3.63, 3.8) is 0 Å². The number of pyridine rings is 2. The van der Waals surface area contributed by atoms with Crippen molar-refractivity contribution in [2.24, 2.45) is 0 Å². The zero-order valence-electron chi connectivity index (χ0n) is 28.0. The van der Waals surface area contributed by atoms with Gasteiger partial charge in [-0.15, -0.1) is 0 Å². The van der Waals surface area contributed by atoms with Crippen molar-refractivity contribution < 1.29 is 13.2 Å². The lowest BCUT2D eigenvalue weighted by Gasteiger charge is -2.13. The fourth-order valence-electron chi connectivity index (χ4n) is 7.39. The van der Waals surface area contributed by atoms with Crippen LogP contribution in [0, 0.1) is 29.6 Å². The first-order chi connectivity index (χ1) is 25.7. The van der Waals surface area contributed by atoms with Gasteiger partial charge in [0.05, 0.1) is 61.9 Å². The minimum absolute atomic E-state index is 0.0629. The fourth-order valence-corrected chi connectivity index (χ4v) is 7.39. The maximum Gasteiger partial charge on any atom is 0.416 e. The first-order valence-electron chi connectivity index (χ1n) is 16.7. The van der Waals surface area contributed by atoms with E-state index in [2.05, 4.69) is 45.5 Å². The molecule has 0 aliphatic carbocycles. The minimum Gasteiger partial charge on any atom is -0.308 e. The summed E-state index contributed by atoms with van der Waals surface area (Å²) in [5, 5.41) is 20.8. The molecule has 0 unspecified atom stereocenters. The molecule has 0 aliphatic rings. The number of fused-ring (bicyclic) bond motifs is 6. The standard InChI is InChI=1S/C44H25F3N6/c1-26-15-27(24-48)17-31(16-26)29-9-11-38-36(21-29)42-40(7-3-13-50-42)52(38)34-5-2-6-35(23-34)53-39-12-10-30(22-37(39)43-41(53)8-4-14-51-43)32-18-28(25-49)19-33(20-32)44(45,46)47/h2-23H,1H3. The van der Waals surface area contributed by atoms with E-state index in [4.69, 9.17) is 9.97 Å². The normalized spacial score (nSPS) is 11.7. The Morgan fingerprint density at radius 2 is 1.06 bits per heavy atom. The molecule has 0 fully saturated rings. The Labute approximate surface area is 300 Å². The van der Waals surface area contributed by atoms with Crippen LogP contribution in [0.15, 0.2) is 134 Å². The van der Waals surface area contributed by atoms with Crippen molar-refractivity contribution in [2.75, 3.05) is 0 Å². The Bertz CT molecular complexity index is 3050. The Kier molecular flexibility index (Phi) is 7.15. The largest absolute Gasteiger partial charge is 0.416 e. The van der Waals surface area contributed by atoms with Crippen LogP contribution in [0.25, 0.3) is 77.5 Å². The third-order valence-corrected chi connectivity index (χ3v) is 9.65. The molecule has 9 rings (SSSR count). The Balaban J connectivity index is 1.21. The lowest BCUT2D eigenvalue weighted by atomic mass is 9.98. The summed E-state index contributed by atoms with van der Waals surface area (Å²) in [5.41, 5.74) is 10.4. The summed E-state index contributed by atoms with van der Waals surface area (Å²) in [5.74, 6) is 0. The van der Waals surface area contributed by atoms with Gasteiger partial charge in [-0.25, -0.2) is 0 Å². The number of hydrogen-bond donors (Lipinski definition) is 0.